The predicted octanol–water partition coefficient (Wildman–Crippen LogP) is 4.47. The van der Waals surface area contributed by atoms with E-state index in [1.165, 1.54) is 12.1 Å². The summed E-state index contributed by atoms with van der Waals surface area (Å²) < 4.78 is 19.0. The van der Waals surface area contributed by atoms with Crippen molar-refractivity contribution in [2.75, 3.05) is 5.73 Å². The van der Waals surface area contributed by atoms with Crippen molar-refractivity contribution < 1.29 is 8.81 Å². The molecule has 2 N–H and O–H groups in total. The molecule has 2 aromatic carbocycles. The summed E-state index contributed by atoms with van der Waals surface area (Å²) in [7, 11) is 0. The number of para-hydroxylation sites is 1. The Balaban J connectivity index is 2.19. The quantitative estimate of drug-likeness (QED) is 0.656. The van der Waals surface area contributed by atoms with Crippen LogP contribution in [0.5, 0.6) is 0 Å². The SMILES string of the molecule is Nc1ccc(-c2cc3cccc(Cl)c3o2)cc1F. The lowest BCUT2D eigenvalue weighted by atomic mass is 10.1. The molecule has 0 amide bonds. The number of anilines is 1. The second-order valence-electron chi connectivity index (χ2n) is 4.01. The first-order valence-electron chi connectivity index (χ1n) is 5.38. The highest BCUT2D eigenvalue weighted by atomic mass is 35.5. The van der Waals surface area contributed by atoms with Crippen LogP contribution in [-0.2, 0) is 0 Å². The number of benzene rings is 2. The highest BCUT2D eigenvalue weighted by Crippen LogP contribution is 2.32. The minimum Gasteiger partial charge on any atom is -0.455 e. The molecule has 3 aromatic rings. The van der Waals surface area contributed by atoms with Crippen LogP contribution in [0.1, 0.15) is 0 Å². The van der Waals surface area contributed by atoms with Gasteiger partial charge in [-0.05, 0) is 30.3 Å². The van der Waals surface area contributed by atoms with E-state index in [0.717, 1.165) is 5.39 Å². The van der Waals surface area contributed by atoms with Crippen LogP contribution in [0.25, 0.3) is 22.3 Å². The molecule has 0 aliphatic rings. The summed E-state index contributed by atoms with van der Waals surface area (Å²) in [6.45, 7) is 0. The fourth-order valence-corrected chi connectivity index (χ4v) is 2.07. The molecule has 0 saturated heterocycles. The van der Waals surface area contributed by atoms with E-state index >= 15 is 0 Å². The Morgan fingerprint density at radius 3 is 2.67 bits per heavy atom. The highest BCUT2D eigenvalue weighted by Gasteiger charge is 2.10. The smallest absolute Gasteiger partial charge is 0.153 e. The van der Waals surface area contributed by atoms with Gasteiger partial charge in [-0.15, -0.1) is 0 Å². The molecule has 0 fully saturated rings. The molecule has 2 nitrogen and oxygen atoms in total. The predicted molar refractivity (Wildman–Crippen MR) is 71.0 cm³/mol. The Bertz CT molecular complexity index is 736. The molecular formula is C14H9ClFNO. The van der Waals surface area contributed by atoms with E-state index in [-0.39, 0.29) is 5.69 Å². The fourth-order valence-electron chi connectivity index (χ4n) is 1.85. The third-order valence-corrected chi connectivity index (χ3v) is 3.08. The minimum absolute atomic E-state index is 0.118. The number of fused-ring (bicyclic) bond motifs is 1. The van der Waals surface area contributed by atoms with Crippen LogP contribution < -0.4 is 5.73 Å². The highest BCUT2D eigenvalue weighted by molar-refractivity contribution is 6.34. The van der Waals surface area contributed by atoms with Crippen molar-refractivity contribution in [3.8, 4) is 11.3 Å². The van der Waals surface area contributed by atoms with Crippen molar-refractivity contribution >= 4 is 28.3 Å². The van der Waals surface area contributed by atoms with E-state index in [4.69, 9.17) is 21.8 Å². The summed E-state index contributed by atoms with van der Waals surface area (Å²) >= 11 is 6.03. The van der Waals surface area contributed by atoms with Crippen LogP contribution in [0.3, 0.4) is 0 Å². The van der Waals surface area contributed by atoms with E-state index in [2.05, 4.69) is 0 Å². The molecular weight excluding hydrogens is 253 g/mol. The van der Waals surface area contributed by atoms with Gasteiger partial charge in [-0.2, -0.15) is 0 Å². The normalized spacial score (nSPS) is 11.0. The van der Waals surface area contributed by atoms with Gasteiger partial charge in [0.1, 0.15) is 11.6 Å². The standard InChI is InChI=1S/C14H9ClFNO/c15-10-3-1-2-9-7-13(18-14(9)10)8-4-5-12(17)11(16)6-8/h1-7H,17H2. The van der Waals surface area contributed by atoms with Crippen LogP contribution in [0.4, 0.5) is 10.1 Å². The molecule has 0 unspecified atom stereocenters. The Morgan fingerprint density at radius 1 is 1.11 bits per heavy atom. The monoisotopic (exact) mass is 261 g/mol. The minimum atomic E-state index is -0.459. The summed E-state index contributed by atoms with van der Waals surface area (Å²) in [6.07, 6.45) is 0. The zero-order valence-corrected chi connectivity index (χ0v) is 10.0. The lowest BCUT2D eigenvalue weighted by Crippen LogP contribution is -1.89. The summed E-state index contributed by atoms with van der Waals surface area (Å²) in [5.74, 6) is 0.107. The first-order chi connectivity index (χ1) is 8.65. The number of nitrogen functional groups attached to an aromatic ring is 1. The largest absolute Gasteiger partial charge is 0.455 e. The molecule has 0 radical (unpaired) electrons. The number of nitrogens with two attached hydrogens (primary N) is 1. The molecule has 0 saturated carbocycles. The first kappa shape index (κ1) is 11.1. The van der Waals surface area contributed by atoms with Gasteiger partial charge in [-0.1, -0.05) is 23.7 Å². The average molecular weight is 262 g/mol. The molecule has 4 heteroatoms. The first-order valence-corrected chi connectivity index (χ1v) is 5.76. The lowest BCUT2D eigenvalue weighted by Gasteiger charge is -1.99. The van der Waals surface area contributed by atoms with Gasteiger partial charge in [0.05, 0.1) is 10.7 Å². The zero-order valence-electron chi connectivity index (χ0n) is 9.28. The maximum Gasteiger partial charge on any atom is 0.153 e. The zero-order chi connectivity index (χ0) is 12.7. The number of furan rings is 1. The van der Waals surface area contributed by atoms with Gasteiger partial charge < -0.3 is 10.2 Å². The van der Waals surface area contributed by atoms with E-state index in [1.807, 2.05) is 18.2 Å². The number of rotatable bonds is 1. The second kappa shape index (κ2) is 4.03. The Kier molecular flexibility index (Phi) is 2.49. The summed E-state index contributed by atoms with van der Waals surface area (Å²) in [6, 6.07) is 11.9. The lowest BCUT2D eigenvalue weighted by molar-refractivity contribution is 0.621. The molecule has 0 aliphatic carbocycles. The van der Waals surface area contributed by atoms with Gasteiger partial charge in [-0.25, -0.2) is 4.39 Å². The van der Waals surface area contributed by atoms with Crippen molar-refractivity contribution in [1.29, 1.82) is 0 Å². The van der Waals surface area contributed by atoms with E-state index in [1.54, 1.807) is 12.1 Å². The van der Waals surface area contributed by atoms with Crippen LogP contribution in [0, 0.1) is 5.82 Å². The molecule has 0 spiro atoms. The number of hydrogen-bond donors (Lipinski definition) is 1. The maximum atomic E-state index is 13.4. The van der Waals surface area contributed by atoms with Crippen molar-refractivity contribution in [2.24, 2.45) is 0 Å². The molecule has 0 aliphatic heterocycles. The third kappa shape index (κ3) is 1.73. The Morgan fingerprint density at radius 2 is 1.94 bits per heavy atom. The number of hydrogen-bond acceptors (Lipinski definition) is 2. The van der Waals surface area contributed by atoms with E-state index < -0.39 is 5.82 Å². The molecule has 1 heterocycles. The topological polar surface area (TPSA) is 39.2 Å². The van der Waals surface area contributed by atoms with E-state index in [0.29, 0.717) is 21.9 Å². The van der Waals surface area contributed by atoms with Gasteiger partial charge in [0.15, 0.2) is 5.58 Å². The number of halogens is 2. The summed E-state index contributed by atoms with van der Waals surface area (Å²) in [5, 5.41) is 1.42. The van der Waals surface area contributed by atoms with Gasteiger partial charge in [0, 0.05) is 10.9 Å². The second-order valence-corrected chi connectivity index (χ2v) is 4.41. The van der Waals surface area contributed by atoms with Crippen molar-refractivity contribution in [3.63, 3.8) is 0 Å². The van der Waals surface area contributed by atoms with Crippen molar-refractivity contribution in [1.82, 2.24) is 0 Å². The van der Waals surface area contributed by atoms with Crippen LogP contribution in [0.2, 0.25) is 5.02 Å². The van der Waals surface area contributed by atoms with Gasteiger partial charge in [-0.3, -0.25) is 0 Å². The third-order valence-electron chi connectivity index (χ3n) is 2.78. The molecule has 0 bridgehead atoms. The van der Waals surface area contributed by atoms with Crippen molar-refractivity contribution in [3.05, 3.63) is 53.3 Å². The summed E-state index contributed by atoms with van der Waals surface area (Å²) in [5.41, 5.74) is 6.79. The van der Waals surface area contributed by atoms with Gasteiger partial charge in [0.2, 0.25) is 0 Å². The molecule has 0 atom stereocenters. The van der Waals surface area contributed by atoms with Gasteiger partial charge >= 0.3 is 0 Å². The van der Waals surface area contributed by atoms with Crippen LogP contribution in [0.15, 0.2) is 46.9 Å². The summed E-state index contributed by atoms with van der Waals surface area (Å²) in [4.78, 5) is 0. The Labute approximate surface area is 108 Å². The Hall–Kier alpha value is -2.00. The fraction of sp³-hybridized carbons (Fsp3) is 0. The van der Waals surface area contributed by atoms with Crippen LogP contribution in [-0.4, -0.2) is 0 Å². The average Bonchev–Trinajstić information content (AvgIpc) is 2.78. The molecule has 3 rings (SSSR count). The van der Waals surface area contributed by atoms with Crippen LogP contribution >= 0.6 is 11.6 Å². The van der Waals surface area contributed by atoms with E-state index in [9.17, 15) is 4.39 Å². The van der Waals surface area contributed by atoms with Crippen molar-refractivity contribution in [2.45, 2.75) is 0 Å². The van der Waals surface area contributed by atoms with Gasteiger partial charge in [0.25, 0.3) is 0 Å². The molecule has 90 valence electrons. The maximum absolute atomic E-state index is 13.4. The molecule has 18 heavy (non-hydrogen) atoms. The molecule has 1 aromatic heterocycles.